The number of tetrazole rings is 1. The van der Waals surface area contributed by atoms with Gasteiger partial charge in [0.1, 0.15) is 0 Å². The van der Waals surface area contributed by atoms with E-state index in [4.69, 9.17) is 5.73 Å². The number of benzene rings is 1. The molecule has 6 heteroatoms. The molecule has 0 aliphatic heterocycles. The number of aryl methyl sites for hydroxylation is 2. The van der Waals surface area contributed by atoms with Gasteiger partial charge in [-0.05, 0) is 29.3 Å². The largest absolute Gasteiger partial charge is 0.324 e. The zero-order chi connectivity index (χ0) is 12.4. The van der Waals surface area contributed by atoms with E-state index in [0.29, 0.717) is 12.2 Å². The third kappa shape index (κ3) is 2.89. The Morgan fingerprint density at radius 3 is 2.82 bits per heavy atom. The van der Waals surface area contributed by atoms with Crippen molar-refractivity contribution >= 4 is 15.9 Å². The molecule has 0 amide bonds. The molecule has 0 spiro atoms. The fourth-order valence-electron chi connectivity index (χ4n) is 1.64. The van der Waals surface area contributed by atoms with Gasteiger partial charge < -0.3 is 5.73 Å². The Bertz CT molecular complexity index is 522. The second-order valence-corrected chi connectivity index (χ2v) is 4.89. The van der Waals surface area contributed by atoms with Gasteiger partial charge in [0.2, 0.25) is 0 Å². The summed E-state index contributed by atoms with van der Waals surface area (Å²) in [4.78, 5) is 1.44. The van der Waals surface area contributed by atoms with Gasteiger partial charge >= 0.3 is 0 Å². The molecule has 0 fully saturated rings. The fourth-order valence-corrected chi connectivity index (χ4v) is 2.43. The van der Waals surface area contributed by atoms with Crippen LogP contribution in [-0.2, 0) is 13.5 Å². The smallest absolute Gasteiger partial charge is 0.176 e. The molecule has 0 aliphatic rings. The zero-order valence-electron chi connectivity index (χ0n) is 9.76. The third-order valence-electron chi connectivity index (χ3n) is 2.51. The first-order valence-electron chi connectivity index (χ1n) is 5.31. The second kappa shape index (κ2) is 4.93. The van der Waals surface area contributed by atoms with Crippen LogP contribution in [0.25, 0.3) is 0 Å². The minimum absolute atomic E-state index is 0.130. The summed E-state index contributed by atoms with van der Waals surface area (Å²) in [6, 6.07) is 6.00. The maximum absolute atomic E-state index is 6.14. The summed E-state index contributed by atoms with van der Waals surface area (Å²) in [7, 11) is 1.74. The number of halogens is 1. The maximum atomic E-state index is 6.14. The summed E-state index contributed by atoms with van der Waals surface area (Å²) in [5.74, 6) is 0.660. The van der Waals surface area contributed by atoms with Crippen LogP contribution in [0.4, 0.5) is 0 Å². The first kappa shape index (κ1) is 12.2. The van der Waals surface area contributed by atoms with Crippen molar-refractivity contribution in [3.8, 4) is 0 Å². The first-order chi connectivity index (χ1) is 8.06. The lowest BCUT2D eigenvalue weighted by atomic mass is 10.0. The molecule has 2 rings (SSSR count). The van der Waals surface area contributed by atoms with E-state index in [2.05, 4.69) is 37.4 Å². The van der Waals surface area contributed by atoms with Crippen molar-refractivity contribution in [3.05, 3.63) is 39.6 Å². The molecule has 0 radical (unpaired) electrons. The van der Waals surface area contributed by atoms with Crippen LogP contribution in [0.15, 0.2) is 22.7 Å². The van der Waals surface area contributed by atoms with E-state index >= 15 is 0 Å². The van der Waals surface area contributed by atoms with E-state index in [9.17, 15) is 0 Å². The van der Waals surface area contributed by atoms with Crippen LogP contribution in [0.3, 0.4) is 0 Å². The highest BCUT2D eigenvalue weighted by Crippen LogP contribution is 2.24. The lowest BCUT2D eigenvalue weighted by Crippen LogP contribution is -2.15. The second-order valence-electron chi connectivity index (χ2n) is 4.03. The van der Waals surface area contributed by atoms with E-state index in [0.717, 1.165) is 10.0 Å². The highest BCUT2D eigenvalue weighted by atomic mass is 79.9. The molecule has 90 valence electrons. The third-order valence-corrected chi connectivity index (χ3v) is 3.19. The van der Waals surface area contributed by atoms with Gasteiger partial charge in [0.15, 0.2) is 5.82 Å². The fraction of sp³-hybridized carbons (Fsp3) is 0.364. The predicted molar refractivity (Wildman–Crippen MR) is 68.3 cm³/mol. The van der Waals surface area contributed by atoms with Gasteiger partial charge in [-0.25, -0.2) is 0 Å². The molecule has 1 aromatic heterocycles. The summed E-state index contributed by atoms with van der Waals surface area (Å²) < 4.78 is 1.02. The molecule has 0 aliphatic carbocycles. The summed E-state index contributed by atoms with van der Waals surface area (Å²) in [5, 5.41) is 11.8. The van der Waals surface area contributed by atoms with E-state index in [-0.39, 0.29) is 6.04 Å². The Morgan fingerprint density at radius 1 is 1.47 bits per heavy atom. The minimum Gasteiger partial charge on any atom is -0.324 e. The van der Waals surface area contributed by atoms with E-state index in [1.165, 1.54) is 10.4 Å². The normalized spacial score (nSPS) is 12.7. The Kier molecular flexibility index (Phi) is 3.54. The van der Waals surface area contributed by atoms with Crippen molar-refractivity contribution < 1.29 is 0 Å². The van der Waals surface area contributed by atoms with Crippen LogP contribution in [0, 0.1) is 6.92 Å². The van der Waals surface area contributed by atoms with Crippen molar-refractivity contribution in [1.29, 1.82) is 0 Å². The average molecular weight is 296 g/mol. The van der Waals surface area contributed by atoms with Crippen LogP contribution in [0.5, 0.6) is 0 Å². The molecule has 0 bridgehead atoms. The van der Waals surface area contributed by atoms with Gasteiger partial charge in [0.25, 0.3) is 0 Å². The number of rotatable bonds is 3. The Labute approximate surface area is 108 Å². The van der Waals surface area contributed by atoms with Crippen LogP contribution in [0.2, 0.25) is 0 Å². The van der Waals surface area contributed by atoms with Gasteiger partial charge in [0, 0.05) is 16.9 Å². The summed E-state index contributed by atoms with van der Waals surface area (Å²) >= 11 is 3.52. The molecular formula is C11H14BrN5. The summed E-state index contributed by atoms with van der Waals surface area (Å²) in [5.41, 5.74) is 8.40. The van der Waals surface area contributed by atoms with Gasteiger partial charge in [-0.15, -0.1) is 10.2 Å². The molecule has 1 aromatic carbocycles. The zero-order valence-corrected chi connectivity index (χ0v) is 11.3. The highest BCUT2D eigenvalue weighted by molar-refractivity contribution is 9.10. The van der Waals surface area contributed by atoms with Crippen LogP contribution in [-0.4, -0.2) is 20.2 Å². The number of hydrogen-bond donors (Lipinski definition) is 1. The molecular weight excluding hydrogens is 282 g/mol. The van der Waals surface area contributed by atoms with Crippen LogP contribution in [0.1, 0.15) is 23.0 Å². The quantitative estimate of drug-likeness (QED) is 0.932. The first-order valence-corrected chi connectivity index (χ1v) is 6.10. The number of aromatic nitrogens is 4. The topological polar surface area (TPSA) is 69.6 Å². The SMILES string of the molecule is Cc1ccc(C(N)Cc2nnn(C)n2)c(Br)c1. The molecule has 0 saturated heterocycles. The van der Waals surface area contributed by atoms with Gasteiger partial charge in [-0.1, -0.05) is 28.1 Å². The standard InChI is InChI=1S/C11H14BrN5/c1-7-3-4-8(9(12)5-7)10(13)6-11-14-16-17(2)15-11/h3-5,10H,6,13H2,1-2H3. The lowest BCUT2D eigenvalue weighted by molar-refractivity contribution is 0.622. The monoisotopic (exact) mass is 295 g/mol. The molecule has 1 unspecified atom stereocenters. The van der Waals surface area contributed by atoms with Crippen molar-refractivity contribution in [2.75, 3.05) is 0 Å². The molecule has 2 N–H and O–H groups in total. The molecule has 2 aromatic rings. The van der Waals surface area contributed by atoms with Crippen molar-refractivity contribution in [3.63, 3.8) is 0 Å². The molecule has 5 nitrogen and oxygen atoms in total. The Balaban J connectivity index is 2.17. The average Bonchev–Trinajstić information content (AvgIpc) is 2.63. The van der Waals surface area contributed by atoms with Gasteiger partial charge in [0.05, 0.1) is 7.05 Å². The van der Waals surface area contributed by atoms with E-state index in [1.807, 2.05) is 19.1 Å². The van der Waals surface area contributed by atoms with E-state index in [1.54, 1.807) is 7.05 Å². The predicted octanol–water partition coefficient (Wildman–Crippen LogP) is 1.52. The Morgan fingerprint density at radius 2 is 2.24 bits per heavy atom. The number of nitrogens with two attached hydrogens (primary N) is 1. The molecule has 17 heavy (non-hydrogen) atoms. The van der Waals surface area contributed by atoms with Crippen LogP contribution < -0.4 is 5.73 Å². The lowest BCUT2D eigenvalue weighted by Gasteiger charge is -2.12. The van der Waals surface area contributed by atoms with Gasteiger partial charge in [-0.2, -0.15) is 4.80 Å². The number of nitrogens with zero attached hydrogens (tertiary/aromatic N) is 4. The minimum atomic E-state index is -0.130. The number of hydrogen-bond acceptors (Lipinski definition) is 4. The Hall–Kier alpha value is -1.27. The van der Waals surface area contributed by atoms with Crippen LogP contribution >= 0.6 is 15.9 Å². The van der Waals surface area contributed by atoms with Crippen molar-refractivity contribution in [2.24, 2.45) is 12.8 Å². The molecule has 1 heterocycles. The van der Waals surface area contributed by atoms with Crippen molar-refractivity contribution in [2.45, 2.75) is 19.4 Å². The van der Waals surface area contributed by atoms with E-state index < -0.39 is 0 Å². The molecule has 0 saturated carbocycles. The maximum Gasteiger partial charge on any atom is 0.176 e. The highest BCUT2D eigenvalue weighted by Gasteiger charge is 2.13. The molecule has 1 atom stereocenters. The summed E-state index contributed by atoms with van der Waals surface area (Å²) in [6.07, 6.45) is 0.579. The van der Waals surface area contributed by atoms with Gasteiger partial charge in [-0.3, -0.25) is 0 Å². The summed E-state index contributed by atoms with van der Waals surface area (Å²) in [6.45, 7) is 2.05. The van der Waals surface area contributed by atoms with Crippen molar-refractivity contribution in [1.82, 2.24) is 20.2 Å².